The molecule has 1 saturated heterocycles. The van der Waals surface area contributed by atoms with Gasteiger partial charge in [0, 0.05) is 46.4 Å². The number of ether oxygens (including phenoxy) is 3. The van der Waals surface area contributed by atoms with Crippen LogP contribution in [0.4, 0.5) is 4.79 Å². The van der Waals surface area contributed by atoms with Gasteiger partial charge in [-0.05, 0) is 67.6 Å². The highest BCUT2D eigenvalue weighted by molar-refractivity contribution is 5.94. The number of carbonyl (C=O) groups excluding carboxylic acids is 3. The summed E-state index contributed by atoms with van der Waals surface area (Å²) >= 11 is 0. The van der Waals surface area contributed by atoms with E-state index in [0.29, 0.717) is 52.2 Å². The van der Waals surface area contributed by atoms with Crippen LogP contribution in [0.25, 0.3) is 0 Å². The lowest BCUT2D eigenvalue weighted by Crippen LogP contribution is -2.60. The lowest BCUT2D eigenvalue weighted by Gasteiger charge is -2.36. The standard InChI is InChI=1S/C40H58N4O8/c1-28(43(5)39(48)49)36(45)42-35(40(2,3)4)38(47)44-21-14-20-32(44)37(46)41-34-31-19-11-10-18-30(31)26-33(34)52-25-15-24-50-22-12-7-13-23-51-27-29-16-8-6-9-17-29/h6,8-11,16-19,28,32-35H,7,12-15,20-27H2,1-5H3,(H,41,46)(H,42,45)(H,48,49)/t28-,32+,33-,34+,35-/m1/s1. The molecule has 0 bridgehead atoms. The van der Waals surface area contributed by atoms with Crippen LogP contribution in [0.1, 0.15) is 89.0 Å². The molecule has 286 valence electrons. The van der Waals surface area contributed by atoms with Gasteiger partial charge in [0.05, 0.1) is 18.8 Å². The molecule has 0 radical (unpaired) electrons. The summed E-state index contributed by atoms with van der Waals surface area (Å²) in [5.41, 5.74) is 2.63. The fourth-order valence-electron chi connectivity index (χ4n) is 6.70. The van der Waals surface area contributed by atoms with Crippen molar-refractivity contribution >= 4 is 23.8 Å². The van der Waals surface area contributed by atoms with E-state index in [9.17, 15) is 24.3 Å². The summed E-state index contributed by atoms with van der Waals surface area (Å²) in [6.07, 6.45) is 4.08. The summed E-state index contributed by atoms with van der Waals surface area (Å²) in [6.45, 7) is 10.5. The van der Waals surface area contributed by atoms with E-state index in [0.717, 1.165) is 48.3 Å². The van der Waals surface area contributed by atoms with Crippen LogP contribution in [0.5, 0.6) is 0 Å². The minimum Gasteiger partial charge on any atom is -0.465 e. The van der Waals surface area contributed by atoms with Gasteiger partial charge < -0.3 is 34.9 Å². The van der Waals surface area contributed by atoms with Crippen molar-refractivity contribution in [2.75, 3.05) is 40.0 Å². The van der Waals surface area contributed by atoms with E-state index in [2.05, 4.69) is 28.8 Å². The van der Waals surface area contributed by atoms with Crippen molar-refractivity contribution in [3.63, 3.8) is 0 Å². The molecule has 2 aromatic rings. The molecule has 1 fully saturated rings. The summed E-state index contributed by atoms with van der Waals surface area (Å²) in [6, 6.07) is 15.2. The fourth-order valence-corrected chi connectivity index (χ4v) is 6.70. The Morgan fingerprint density at radius 2 is 1.60 bits per heavy atom. The minimum absolute atomic E-state index is 0.253. The zero-order valence-corrected chi connectivity index (χ0v) is 31.5. The van der Waals surface area contributed by atoms with Crippen LogP contribution >= 0.6 is 0 Å². The molecule has 5 atom stereocenters. The number of rotatable bonds is 19. The maximum Gasteiger partial charge on any atom is 0.407 e. The van der Waals surface area contributed by atoms with E-state index in [4.69, 9.17) is 14.2 Å². The normalized spacial score (nSPS) is 19.5. The Hall–Kier alpha value is -4.00. The van der Waals surface area contributed by atoms with Gasteiger partial charge in [-0.2, -0.15) is 0 Å². The van der Waals surface area contributed by atoms with Gasteiger partial charge in [0.2, 0.25) is 17.7 Å². The van der Waals surface area contributed by atoms with E-state index in [1.165, 1.54) is 19.5 Å². The largest absolute Gasteiger partial charge is 0.465 e. The Bertz CT molecular complexity index is 1460. The second-order valence-electron chi connectivity index (χ2n) is 14.9. The Labute approximate surface area is 308 Å². The third-order valence-electron chi connectivity index (χ3n) is 9.93. The van der Waals surface area contributed by atoms with Gasteiger partial charge in [0.1, 0.15) is 18.1 Å². The number of nitrogens with zero attached hydrogens (tertiary/aromatic N) is 2. The molecular weight excluding hydrogens is 664 g/mol. The van der Waals surface area contributed by atoms with E-state index in [1.807, 2.05) is 57.2 Å². The molecule has 1 heterocycles. The topological polar surface area (TPSA) is 147 Å². The number of likely N-dealkylation sites (N-methyl/N-ethyl adjacent to an activating group) is 1. The molecule has 12 heteroatoms. The minimum atomic E-state index is -1.25. The number of carbonyl (C=O) groups is 4. The molecule has 1 aliphatic carbocycles. The average molecular weight is 723 g/mol. The van der Waals surface area contributed by atoms with Crippen LogP contribution in [-0.4, -0.2) is 103 Å². The molecule has 0 aromatic heterocycles. The van der Waals surface area contributed by atoms with Gasteiger partial charge in [-0.1, -0.05) is 75.4 Å². The summed E-state index contributed by atoms with van der Waals surface area (Å²) in [4.78, 5) is 54.8. The number of nitrogens with one attached hydrogen (secondary N) is 2. The predicted octanol–water partition coefficient (Wildman–Crippen LogP) is 5.10. The molecule has 1 aliphatic heterocycles. The van der Waals surface area contributed by atoms with Crippen LogP contribution in [0.15, 0.2) is 54.6 Å². The van der Waals surface area contributed by atoms with Gasteiger partial charge in [0.25, 0.3) is 0 Å². The van der Waals surface area contributed by atoms with E-state index < -0.39 is 35.5 Å². The molecular formula is C40H58N4O8. The Morgan fingerprint density at radius 3 is 2.31 bits per heavy atom. The summed E-state index contributed by atoms with van der Waals surface area (Å²) in [7, 11) is 1.31. The van der Waals surface area contributed by atoms with Gasteiger partial charge >= 0.3 is 6.09 Å². The Morgan fingerprint density at radius 1 is 0.923 bits per heavy atom. The molecule has 4 rings (SSSR count). The van der Waals surface area contributed by atoms with Crippen LogP contribution in [0, 0.1) is 5.41 Å². The van der Waals surface area contributed by atoms with E-state index in [1.54, 1.807) is 4.90 Å². The second-order valence-corrected chi connectivity index (χ2v) is 14.9. The third-order valence-corrected chi connectivity index (χ3v) is 9.93. The number of likely N-dealkylation sites (tertiary alicyclic amines) is 1. The molecule has 0 unspecified atom stereocenters. The molecule has 3 N–H and O–H groups in total. The van der Waals surface area contributed by atoms with Crippen LogP contribution < -0.4 is 10.6 Å². The predicted molar refractivity (Wildman–Crippen MR) is 198 cm³/mol. The summed E-state index contributed by atoms with van der Waals surface area (Å²) < 4.78 is 17.9. The fraction of sp³-hybridized carbons (Fsp3) is 0.600. The number of hydrogen-bond acceptors (Lipinski definition) is 7. The summed E-state index contributed by atoms with van der Waals surface area (Å²) in [5, 5.41) is 15.3. The van der Waals surface area contributed by atoms with Crippen molar-refractivity contribution in [3.05, 3.63) is 71.3 Å². The third kappa shape index (κ3) is 11.5. The van der Waals surface area contributed by atoms with Crippen LogP contribution in [-0.2, 0) is 41.6 Å². The van der Waals surface area contributed by atoms with E-state index in [-0.39, 0.29) is 24.0 Å². The number of amides is 4. The number of hydrogen-bond donors (Lipinski definition) is 3. The Kier molecular flexibility index (Phi) is 15.5. The smallest absolute Gasteiger partial charge is 0.407 e. The van der Waals surface area contributed by atoms with Crippen LogP contribution in [0.3, 0.4) is 0 Å². The lowest BCUT2D eigenvalue weighted by molar-refractivity contribution is -0.144. The highest BCUT2D eigenvalue weighted by Gasteiger charge is 2.44. The molecule has 0 spiro atoms. The first kappa shape index (κ1) is 40.8. The Balaban J connectivity index is 1.24. The maximum absolute atomic E-state index is 14.0. The van der Waals surface area contributed by atoms with Crippen molar-refractivity contribution in [2.45, 2.75) is 110 Å². The number of benzene rings is 2. The lowest BCUT2D eigenvalue weighted by atomic mass is 9.85. The molecule has 0 saturated carbocycles. The first-order valence-corrected chi connectivity index (χ1v) is 18.6. The van der Waals surface area contributed by atoms with Crippen molar-refractivity contribution in [2.24, 2.45) is 5.41 Å². The zero-order valence-electron chi connectivity index (χ0n) is 31.5. The first-order valence-electron chi connectivity index (χ1n) is 18.6. The van der Waals surface area contributed by atoms with Crippen molar-refractivity contribution in [1.29, 1.82) is 0 Å². The molecule has 2 aromatic carbocycles. The number of unbranched alkanes of at least 4 members (excludes halogenated alkanes) is 2. The quantitative estimate of drug-likeness (QED) is 0.170. The average Bonchev–Trinajstić information content (AvgIpc) is 3.75. The van der Waals surface area contributed by atoms with Gasteiger partial charge in [-0.25, -0.2) is 4.79 Å². The molecule has 52 heavy (non-hydrogen) atoms. The van der Waals surface area contributed by atoms with Gasteiger partial charge in [-0.15, -0.1) is 0 Å². The highest BCUT2D eigenvalue weighted by Crippen LogP contribution is 2.34. The van der Waals surface area contributed by atoms with Gasteiger partial charge in [-0.3, -0.25) is 19.3 Å². The zero-order chi connectivity index (χ0) is 37.7. The maximum atomic E-state index is 14.0. The number of fused-ring (bicyclic) bond motifs is 1. The molecule has 2 aliphatic rings. The number of carboxylic acid groups (broad SMARTS) is 1. The summed E-state index contributed by atoms with van der Waals surface area (Å²) in [5.74, 6) is -1.20. The molecule has 12 nitrogen and oxygen atoms in total. The molecule has 4 amide bonds. The second kappa shape index (κ2) is 19.7. The highest BCUT2D eigenvalue weighted by atomic mass is 16.5. The van der Waals surface area contributed by atoms with Crippen molar-refractivity contribution in [3.8, 4) is 0 Å². The first-order chi connectivity index (χ1) is 24.9. The van der Waals surface area contributed by atoms with Crippen molar-refractivity contribution in [1.82, 2.24) is 20.4 Å². The monoisotopic (exact) mass is 722 g/mol. The van der Waals surface area contributed by atoms with Crippen LogP contribution in [0.2, 0.25) is 0 Å². The van der Waals surface area contributed by atoms with Crippen molar-refractivity contribution < 1.29 is 38.5 Å². The van der Waals surface area contributed by atoms with E-state index >= 15 is 0 Å². The SMILES string of the molecule is C[C@H](C(=O)N[C@H](C(=O)N1CCC[C@H]1C(=O)N[C@H]1c2ccccc2C[C@H]1OCCCOCCCCCOCc1ccccc1)C(C)(C)C)N(C)C(=O)O. The van der Waals surface area contributed by atoms with Gasteiger partial charge in [0.15, 0.2) is 0 Å².